The highest BCUT2D eigenvalue weighted by atomic mass is 16.4. The third-order valence-electron chi connectivity index (χ3n) is 3.08. The summed E-state index contributed by atoms with van der Waals surface area (Å²) in [5, 5.41) is 14.8. The molecule has 1 atom stereocenters. The summed E-state index contributed by atoms with van der Waals surface area (Å²) in [4.78, 5) is 0. The summed E-state index contributed by atoms with van der Waals surface area (Å²) in [5.41, 5.74) is 8.05. The van der Waals surface area contributed by atoms with Gasteiger partial charge in [-0.1, -0.05) is 36.3 Å². The van der Waals surface area contributed by atoms with E-state index in [4.69, 9.17) is 10.9 Å². The summed E-state index contributed by atoms with van der Waals surface area (Å²) in [7, 11) is 0. The van der Waals surface area contributed by atoms with Crippen LogP contribution in [0.3, 0.4) is 0 Å². The van der Waals surface area contributed by atoms with E-state index in [0.29, 0.717) is 12.5 Å². The summed E-state index contributed by atoms with van der Waals surface area (Å²) in [6.07, 6.45) is 2.56. The van der Waals surface area contributed by atoms with Gasteiger partial charge in [-0.05, 0) is 37.4 Å². The highest BCUT2D eigenvalue weighted by Crippen LogP contribution is 2.13. The average molecular weight is 249 g/mol. The number of oxime groups is 1. The number of benzene rings is 1. The van der Waals surface area contributed by atoms with Crippen LogP contribution in [-0.2, 0) is 6.42 Å². The van der Waals surface area contributed by atoms with Gasteiger partial charge in [0.25, 0.3) is 0 Å². The average Bonchev–Trinajstić information content (AvgIpc) is 2.43. The van der Waals surface area contributed by atoms with E-state index < -0.39 is 0 Å². The number of nitrogens with one attached hydrogen (secondary N) is 1. The molecule has 1 unspecified atom stereocenters. The van der Waals surface area contributed by atoms with Gasteiger partial charge in [-0.3, -0.25) is 0 Å². The van der Waals surface area contributed by atoms with Gasteiger partial charge in [-0.2, -0.15) is 0 Å². The molecule has 0 bridgehead atoms. The quantitative estimate of drug-likeness (QED) is 0.228. The van der Waals surface area contributed by atoms with Gasteiger partial charge in [0, 0.05) is 12.5 Å². The van der Waals surface area contributed by atoms with Crippen LogP contribution in [0.1, 0.15) is 43.9 Å². The number of aryl methyl sites for hydroxylation is 1. The number of hydrogen-bond acceptors (Lipinski definition) is 3. The van der Waals surface area contributed by atoms with Crippen molar-refractivity contribution in [3.8, 4) is 0 Å². The first kappa shape index (κ1) is 14.5. The van der Waals surface area contributed by atoms with Crippen LogP contribution in [0.5, 0.6) is 0 Å². The fraction of sp³-hybridized carbons (Fsp3) is 0.500. The summed E-state index contributed by atoms with van der Waals surface area (Å²) in [6.45, 7) is 5.15. The van der Waals surface area contributed by atoms with Crippen molar-refractivity contribution in [2.45, 2.75) is 39.2 Å². The lowest BCUT2D eigenvalue weighted by Gasteiger charge is -2.14. The minimum absolute atomic E-state index is 0.289. The SMILES string of the molecule is CCc1ccc(C(C)NCCCC(N)=NO)cc1. The number of hydrogen-bond donors (Lipinski definition) is 3. The minimum Gasteiger partial charge on any atom is -0.409 e. The molecule has 0 amide bonds. The molecule has 4 N–H and O–H groups in total. The van der Waals surface area contributed by atoms with Crippen molar-refractivity contribution in [2.75, 3.05) is 6.54 Å². The number of nitrogens with zero attached hydrogens (tertiary/aromatic N) is 1. The zero-order valence-corrected chi connectivity index (χ0v) is 11.2. The van der Waals surface area contributed by atoms with Crippen LogP contribution >= 0.6 is 0 Å². The molecule has 4 nitrogen and oxygen atoms in total. The van der Waals surface area contributed by atoms with Crippen LogP contribution in [-0.4, -0.2) is 17.6 Å². The van der Waals surface area contributed by atoms with Crippen molar-refractivity contribution in [1.29, 1.82) is 0 Å². The molecule has 0 spiro atoms. The third-order valence-corrected chi connectivity index (χ3v) is 3.08. The molecule has 1 rings (SSSR count). The van der Waals surface area contributed by atoms with E-state index >= 15 is 0 Å². The molecular formula is C14H23N3O. The molecule has 0 aliphatic heterocycles. The Bertz CT molecular complexity index is 373. The molecule has 1 aromatic rings. The standard InChI is InChI=1S/C14H23N3O/c1-3-12-6-8-13(9-7-12)11(2)16-10-4-5-14(15)17-18/h6-9,11,16,18H,3-5,10H2,1-2H3,(H2,15,17). The third kappa shape index (κ3) is 4.75. The van der Waals surface area contributed by atoms with Crippen LogP contribution in [0, 0.1) is 0 Å². The number of rotatable bonds is 7. The van der Waals surface area contributed by atoms with Gasteiger partial charge in [-0.25, -0.2) is 0 Å². The second-order valence-electron chi connectivity index (χ2n) is 4.47. The van der Waals surface area contributed by atoms with Crippen molar-refractivity contribution in [1.82, 2.24) is 5.32 Å². The van der Waals surface area contributed by atoms with Gasteiger partial charge >= 0.3 is 0 Å². The van der Waals surface area contributed by atoms with Gasteiger partial charge < -0.3 is 16.3 Å². The second-order valence-corrected chi connectivity index (χ2v) is 4.47. The molecule has 0 saturated carbocycles. The zero-order chi connectivity index (χ0) is 13.4. The van der Waals surface area contributed by atoms with E-state index in [-0.39, 0.29) is 5.84 Å². The Balaban J connectivity index is 2.33. The summed E-state index contributed by atoms with van der Waals surface area (Å²) in [5.74, 6) is 0.289. The van der Waals surface area contributed by atoms with E-state index in [2.05, 4.69) is 48.6 Å². The van der Waals surface area contributed by atoms with Gasteiger partial charge in [0.1, 0.15) is 5.84 Å². The Labute approximate surface area is 109 Å². The van der Waals surface area contributed by atoms with E-state index in [1.165, 1.54) is 11.1 Å². The van der Waals surface area contributed by atoms with Gasteiger partial charge in [0.15, 0.2) is 0 Å². The maximum absolute atomic E-state index is 8.41. The molecule has 0 radical (unpaired) electrons. The lowest BCUT2D eigenvalue weighted by Crippen LogP contribution is -2.21. The van der Waals surface area contributed by atoms with Crippen molar-refractivity contribution in [2.24, 2.45) is 10.9 Å². The zero-order valence-electron chi connectivity index (χ0n) is 11.2. The predicted octanol–water partition coefficient (Wildman–Crippen LogP) is 2.43. The predicted molar refractivity (Wildman–Crippen MR) is 74.9 cm³/mol. The molecule has 0 heterocycles. The van der Waals surface area contributed by atoms with Crippen molar-refractivity contribution < 1.29 is 5.21 Å². The molecule has 0 aromatic heterocycles. The summed E-state index contributed by atoms with van der Waals surface area (Å²) < 4.78 is 0. The maximum atomic E-state index is 8.41. The molecule has 0 saturated heterocycles. The lowest BCUT2D eigenvalue weighted by atomic mass is 10.0. The first-order valence-electron chi connectivity index (χ1n) is 6.46. The van der Waals surface area contributed by atoms with E-state index in [1.807, 2.05) is 0 Å². The van der Waals surface area contributed by atoms with Crippen LogP contribution in [0.15, 0.2) is 29.4 Å². The smallest absolute Gasteiger partial charge is 0.139 e. The topological polar surface area (TPSA) is 70.6 Å². The Hall–Kier alpha value is -1.55. The maximum Gasteiger partial charge on any atom is 0.139 e. The Morgan fingerprint density at radius 2 is 2.06 bits per heavy atom. The lowest BCUT2D eigenvalue weighted by molar-refractivity contribution is 0.316. The van der Waals surface area contributed by atoms with E-state index in [0.717, 1.165) is 19.4 Å². The first-order valence-corrected chi connectivity index (χ1v) is 6.46. The van der Waals surface area contributed by atoms with Crippen LogP contribution in [0.25, 0.3) is 0 Å². The number of nitrogens with two attached hydrogens (primary N) is 1. The van der Waals surface area contributed by atoms with Gasteiger partial charge in [0.05, 0.1) is 0 Å². The largest absolute Gasteiger partial charge is 0.409 e. The van der Waals surface area contributed by atoms with Crippen LogP contribution in [0.4, 0.5) is 0 Å². The highest BCUT2D eigenvalue weighted by Gasteiger charge is 2.04. The molecule has 18 heavy (non-hydrogen) atoms. The van der Waals surface area contributed by atoms with Crippen LogP contribution in [0.2, 0.25) is 0 Å². The van der Waals surface area contributed by atoms with Gasteiger partial charge in [-0.15, -0.1) is 0 Å². The number of amidine groups is 1. The second kappa shape index (κ2) is 7.71. The normalized spacial score (nSPS) is 13.6. The molecule has 0 aliphatic rings. The molecule has 1 aromatic carbocycles. The summed E-state index contributed by atoms with van der Waals surface area (Å²) >= 11 is 0. The molecule has 0 aliphatic carbocycles. The van der Waals surface area contributed by atoms with Crippen LogP contribution < -0.4 is 11.1 Å². The minimum atomic E-state index is 0.289. The molecule has 100 valence electrons. The fourth-order valence-corrected chi connectivity index (χ4v) is 1.80. The molecular weight excluding hydrogens is 226 g/mol. The Morgan fingerprint density at radius 3 is 2.61 bits per heavy atom. The van der Waals surface area contributed by atoms with Crippen molar-refractivity contribution >= 4 is 5.84 Å². The Kier molecular flexibility index (Phi) is 6.22. The van der Waals surface area contributed by atoms with E-state index in [1.54, 1.807) is 0 Å². The fourth-order valence-electron chi connectivity index (χ4n) is 1.80. The Morgan fingerprint density at radius 1 is 1.39 bits per heavy atom. The summed E-state index contributed by atoms with van der Waals surface area (Å²) in [6, 6.07) is 9.00. The molecule has 0 fully saturated rings. The first-order chi connectivity index (χ1) is 8.67. The highest BCUT2D eigenvalue weighted by molar-refractivity contribution is 5.79. The monoisotopic (exact) mass is 249 g/mol. The van der Waals surface area contributed by atoms with Gasteiger partial charge in [0.2, 0.25) is 0 Å². The van der Waals surface area contributed by atoms with Crippen molar-refractivity contribution in [3.05, 3.63) is 35.4 Å². The van der Waals surface area contributed by atoms with E-state index in [9.17, 15) is 0 Å². The van der Waals surface area contributed by atoms with Crippen molar-refractivity contribution in [3.63, 3.8) is 0 Å². The molecule has 4 heteroatoms.